The van der Waals surface area contributed by atoms with Crippen LogP contribution in [-0.2, 0) is 0 Å². The van der Waals surface area contributed by atoms with Gasteiger partial charge in [-0.05, 0) is 18.2 Å². The maximum absolute atomic E-state index is 4.24. The fourth-order valence-corrected chi connectivity index (χ4v) is 1.56. The van der Waals surface area contributed by atoms with Crippen LogP contribution < -0.4 is 5.10 Å². The SMILES string of the molecule is [OH-].c1ccc2c(c1)n[nH+]c1cccn12. The van der Waals surface area contributed by atoms with E-state index in [-0.39, 0.29) is 5.48 Å². The molecule has 0 unspecified atom stereocenters. The molecule has 0 saturated carbocycles. The number of fused-ring (bicyclic) bond motifs is 3. The molecule has 0 spiro atoms. The van der Waals surface area contributed by atoms with Crippen molar-refractivity contribution in [2.75, 3.05) is 0 Å². The Bertz CT molecular complexity index is 573. The Hall–Kier alpha value is -1.94. The van der Waals surface area contributed by atoms with Crippen LogP contribution >= 0.6 is 0 Å². The summed E-state index contributed by atoms with van der Waals surface area (Å²) in [5, 5.41) is 7.22. The molecule has 3 rings (SSSR count). The molecule has 0 aliphatic rings. The van der Waals surface area contributed by atoms with Crippen molar-refractivity contribution in [2.45, 2.75) is 0 Å². The lowest BCUT2D eigenvalue weighted by molar-refractivity contribution is -0.425. The van der Waals surface area contributed by atoms with Gasteiger partial charge in [0.15, 0.2) is 11.0 Å². The molecule has 2 aromatic heterocycles. The van der Waals surface area contributed by atoms with E-state index >= 15 is 0 Å². The lowest BCUT2D eigenvalue weighted by Crippen LogP contribution is -2.12. The molecule has 2 heterocycles. The van der Waals surface area contributed by atoms with Crippen LogP contribution in [0.2, 0.25) is 0 Å². The van der Waals surface area contributed by atoms with Gasteiger partial charge in [-0.15, -0.1) is 5.10 Å². The minimum absolute atomic E-state index is 0. The highest BCUT2D eigenvalue weighted by Crippen LogP contribution is 2.10. The average Bonchev–Trinajstić information content (AvgIpc) is 2.65. The van der Waals surface area contributed by atoms with Crippen molar-refractivity contribution in [2.24, 2.45) is 0 Å². The van der Waals surface area contributed by atoms with E-state index in [4.69, 9.17) is 0 Å². The average molecular weight is 187 g/mol. The van der Waals surface area contributed by atoms with Crippen LogP contribution in [0.3, 0.4) is 0 Å². The Morgan fingerprint density at radius 2 is 1.93 bits per heavy atom. The quantitative estimate of drug-likeness (QED) is 0.529. The number of benzene rings is 1. The van der Waals surface area contributed by atoms with Gasteiger partial charge >= 0.3 is 5.65 Å². The van der Waals surface area contributed by atoms with Crippen LogP contribution in [0.5, 0.6) is 0 Å². The van der Waals surface area contributed by atoms with Crippen LogP contribution in [0.15, 0.2) is 42.6 Å². The second-order valence-corrected chi connectivity index (χ2v) is 2.98. The molecule has 1 aromatic carbocycles. The molecule has 0 fully saturated rings. The molecule has 70 valence electrons. The minimum atomic E-state index is 0. The first-order chi connectivity index (χ1) is 6.45. The molecule has 4 nitrogen and oxygen atoms in total. The normalized spacial score (nSPS) is 10.3. The summed E-state index contributed by atoms with van der Waals surface area (Å²) >= 11 is 0. The Labute approximate surface area is 80.1 Å². The maximum Gasteiger partial charge on any atom is 0.304 e. The van der Waals surface area contributed by atoms with Crippen molar-refractivity contribution >= 4 is 16.7 Å². The molecule has 0 atom stereocenters. The molecule has 0 radical (unpaired) electrons. The molecule has 0 bridgehead atoms. The van der Waals surface area contributed by atoms with Crippen LogP contribution in [0.4, 0.5) is 0 Å². The van der Waals surface area contributed by atoms with Crippen molar-refractivity contribution < 1.29 is 10.6 Å². The fraction of sp³-hybridized carbons (Fsp3) is 0. The second kappa shape index (κ2) is 3.08. The predicted octanol–water partition coefficient (Wildman–Crippen LogP) is 1.12. The summed E-state index contributed by atoms with van der Waals surface area (Å²) in [7, 11) is 0. The van der Waals surface area contributed by atoms with E-state index in [2.05, 4.69) is 20.7 Å². The van der Waals surface area contributed by atoms with E-state index in [1.807, 2.05) is 36.5 Å². The minimum Gasteiger partial charge on any atom is -0.870 e. The van der Waals surface area contributed by atoms with Gasteiger partial charge in [-0.3, -0.25) is 0 Å². The van der Waals surface area contributed by atoms with Crippen molar-refractivity contribution in [3.63, 3.8) is 0 Å². The zero-order chi connectivity index (χ0) is 8.67. The predicted molar refractivity (Wildman–Crippen MR) is 51.2 cm³/mol. The summed E-state index contributed by atoms with van der Waals surface area (Å²) in [6, 6.07) is 12.1. The maximum atomic E-state index is 4.24. The largest absolute Gasteiger partial charge is 0.870 e. The van der Waals surface area contributed by atoms with Gasteiger partial charge in [-0.1, -0.05) is 17.2 Å². The van der Waals surface area contributed by atoms with E-state index in [9.17, 15) is 0 Å². The number of nitrogens with one attached hydrogen (secondary N) is 1. The number of para-hydroxylation sites is 2. The van der Waals surface area contributed by atoms with Gasteiger partial charge in [-0.2, -0.15) is 4.40 Å². The third-order valence-corrected chi connectivity index (χ3v) is 2.18. The van der Waals surface area contributed by atoms with Gasteiger partial charge in [0.25, 0.3) is 0 Å². The highest BCUT2D eigenvalue weighted by molar-refractivity contribution is 5.75. The van der Waals surface area contributed by atoms with Crippen molar-refractivity contribution in [3.8, 4) is 0 Å². The summed E-state index contributed by atoms with van der Waals surface area (Å²) in [4.78, 5) is 0. The van der Waals surface area contributed by atoms with E-state index in [1.54, 1.807) is 0 Å². The molecule has 0 aliphatic heterocycles. The Morgan fingerprint density at radius 3 is 2.86 bits per heavy atom. The summed E-state index contributed by atoms with van der Waals surface area (Å²) in [5.41, 5.74) is 3.12. The topological polar surface area (TPSA) is 61.4 Å². The first-order valence-electron chi connectivity index (χ1n) is 4.19. The van der Waals surface area contributed by atoms with Gasteiger partial charge in [-0.25, -0.2) is 0 Å². The van der Waals surface area contributed by atoms with E-state index in [0.717, 1.165) is 16.7 Å². The molecule has 0 saturated heterocycles. The summed E-state index contributed by atoms with van der Waals surface area (Å²) in [6.07, 6.45) is 2.02. The van der Waals surface area contributed by atoms with Crippen LogP contribution in [0.1, 0.15) is 0 Å². The highest BCUT2D eigenvalue weighted by Gasteiger charge is 2.06. The molecule has 3 aromatic rings. The fourth-order valence-electron chi connectivity index (χ4n) is 1.56. The first-order valence-corrected chi connectivity index (χ1v) is 4.19. The Kier molecular flexibility index (Phi) is 1.90. The Balaban J connectivity index is 0.000000750. The number of rotatable bonds is 0. The van der Waals surface area contributed by atoms with Gasteiger partial charge in [0.2, 0.25) is 0 Å². The zero-order valence-corrected chi connectivity index (χ0v) is 7.38. The number of hydrogen-bond acceptors (Lipinski definition) is 2. The van der Waals surface area contributed by atoms with Gasteiger partial charge in [0.05, 0.1) is 6.20 Å². The number of hydrogen-bond donors (Lipinski definition) is 0. The summed E-state index contributed by atoms with van der Waals surface area (Å²) in [5.74, 6) is 0. The number of aromatic nitrogens is 3. The molecule has 4 heteroatoms. The standard InChI is InChI=1S/C10H7N3.H2O/c1-2-5-9-8(4-1)11-12-10-6-3-7-13(9)10;/h1-7H;1H2. The third kappa shape index (κ3) is 1.05. The summed E-state index contributed by atoms with van der Waals surface area (Å²) < 4.78 is 2.09. The van der Waals surface area contributed by atoms with Crippen molar-refractivity contribution in [1.82, 2.24) is 9.50 Å². The summed E-state index contributed by atoms with van der Waals surface area (Å²) in [6.45, 7) is 0. The number of nitrogens with zero attached hydrogens (tertiary/aromatic N) is 2. The van der Waals surface area contributed by atoms with Crippen LogP contribution in [-0.4, -0.2) is 15.0 Å². The van der Waals surface area contributed by atoms with Gasteiger partial charge in [0.1, 0.15) is 0 Å². The second-order valence-electron chi connectivity index (χ2n) is 2.98. The molecule has 0 aliphatic carbocycles. The molecular formula is C10H9N3O. The van der Waals surface area contributed by atoms with Gasteiger partial charge in [0, 0.05) is 6.07 Å². The van der Waals surface area contributed by atoms with Crippen LogP contribution in [0, 0.1) is 0 Å². The zero-order valence-electron chi connectivity index (χ0n) is 7.38. The molecule has 2 N–H and O–H groups in total. The van der Waals surface area contributed by atoms with E-state index < -0.39 is 0 Å². The first kappa shape index (κ1) is 8.65. The Morgan fingerprint density at radius 1 is 1.07 bits per heavy atom. The van der Waals surface area contributed by atoms with Crippen LogP contribution in [0.25, 0.3) is 16.7 Å². The van der Waals surface area contributed by atoms with E-state index in [1.165, 1.54) is 0 Å². The smallest absolute Gasteiger partial charge is 0.304 e. The number of H-pyrrole nitrogens is 1. The highest BCUT2D eigenvalue weighted by atomic mass is 16.0. The number of aromatic amines is 1. The molecule has 0 amide bonds. The lowest BCUT2D eigenvalue weighted by Gasteiger charge is -1.92. The van der Waals surface area contributed by atoms with Crippen molar-refractivity contribution in [1.29, 1.82) is 0 Å². The molecular weight excluding hydrogens is 178 g/mol. The van der Waals surface area contributed by atoms with Crippen molar-refractivity contribution in [3.05, 3.63) is 42.6 Å². The lowest BCUT2D eigenvalue weighted by atomic mass is 10.3. The van der Waals surface area contributed by atoms with Gasteiger partial charge < -0.3 is 5.48 Å². The van der Waals surface area contributed by atoms with E-state index in [0.29, 0.717) is 0 Å². The molecule has 14 heavy (non-hydrogen) atoms. The third-order valence-electron chi connectivity index (χ3n) is 2.18. The monoisotopic (exact) mass is 187 g/mol.